The predicted octanol–water partition coefficient (Wildman–Crippen LogP) is 1.34. The van der Waals surface area contributed by atoms with Crippen molar-refractivity contribution in [1.82, 2.24) is 15.6 Å². The van der Waals surface area contributed by atoms with Crippen molar-refractivity contribution in [2.24, 2.45) is 5.92 Å². The molecule has 0 radical (unpaired) electrons. The highest BCUT2D eigenvalue weighted by Crippen LogP contribution is 2.08. The minimum atomic E-state index is -0.120. The second-order valence-electron chi connectivity index (χ2n) is 4.75. The van der Waals surface area contributed by atoms with Gasteiger partial charge in [-0.15, -0.1) is 0 Å². The number of hydrogen-bond donors (Lipinski definition) is 2. The number of carbonyl (C=O) groups is 1. The van der Waals surface area contributed by atoms with Crippen LogP contribution in [0.5, 0.6) is 5.75 Å². The topological polar surface area (TPSA) is 63.2 Å². The van der Waals surface area contributed by atoms with E-state index in [2.05, 4.69) is 29.5 Å². The second kappa shape index (κ2) is 8.48. The van der Waals surface area contributed by atoms with Crippen molar-refractivity contribution >= 4 is 5.91 Å². The van der Waals surface area contributed by atoms with Crippen LogP contribution < -0.4 is 15.4 Å². The van der Waals surface area contributed by atoms with E-state index in [-0.39, 0.29) is 12.5 Å². The fourth-order valence-electron chi connectivity index (χ4n) is 1.49. The first-order valence-corrected chi connectivity index (χ1v) is 6.67. The van der Waals surface area contributed by atoms with Gasteiger partial charge in [0.15, 0.2) is 6.61 Å². The molecule has 106 valence electrons. The third kappa shape index (κ3) is 6.76. The monoisotopic (exact) mass is 265 g/mol. The number of pyridine rings is 1. The van der Waals surface area contributed by atoms with Crippen molar-refractivity contribution in [2.75, 3.05) is 19.7 Å². The lowest BCUT2D eigenvalue weighted by Crippen LogP contribution is -2.28. The molecular weight excluding hydrogens is 242 g/mol. The van der Waals surface area contributed by atoms with Gasteiger partial charge in [-0.2, -0.15) is 0 Å². The standard InChI is InChI=1S/C14H23N3O2/c1-4-16-14(18)10-19-13-6-5-12(17-9-13)8-15-7-11(2)3/h5-6,9,11,15H,4,7-8,10H2,1-3H3,(H,16,18). The summed E-state index contributed by atoms with van der Waals surface area (Å²) in [7, 11) is 0. The van der Waals surface area contributed by atoms with Gasteiger partial charge in [-0.1, -0.05) is 13.8 Å². The van der Waals surface area contributed by atoms with Gasteiger partial charge in [0.2, 0.25) is 0 Å². The minimum absolute atomic E-state index is 0.0282. The first-order valence-electron chi connectivity index (χ1n) is 6.67. The van der Waals surface area contributed by atoms with E-state index in [0.717, 1.165) is 18.8 Å². The molecule has 19 heavy (non-hydrogen) atoms. The number of carbonyl (C=O) groups excluding carboxylic acids is 1. The summed E-state index contributed by atoms with van der Waals surface area (Å²) in [6.07, 6.45) is 1.64. The van der Waals surface area contributed by atoms with Crippen molar-refractivity contribution in [3.05, 3.63) is 24.0 Å². The molecule has 0 spiro atoms. The molecule has 1 rings (SSSR count). The van der Waals surface area contributed by atoms with E-state index in [4.69, 9.17) is 4.74 Å². The molecule has 1 heterocycles. The van der Waals surface area contributed by atoms with Crippen molar-refractivity contribution in [1.29, 1.82) is 0 Å². The summed E-state index contributed by atoms with van der Waals surface area (Å²) in [5.41, 5.74) is 0.964. The third-order valence-electron chi connectivity index (χ3n) is 2.40. The maximum absolute atomic E-state index is 11.2. The van der Waals surface area contributed by atoms with E-state index in [0.29, 0.717) is 18.2 Å². The van der Waals surface area contributed by atoms with Gasteiger partial charge in [-0.25, -0.2) is 0 Å². The molecule has 0 aliphatic carbocycles. The molecule has 0 atom stereocenters. The van der Waals surface area contributed by atoms with Crippen molar-refractivity contribution in [3.63, 3.8) is 0 Å². The lowest BCUT2D eigenvalue weighted by molar-refractivity contribution is -0.122. The largest absolute Gasteiger partial charge is 0.482 e. The number of ether oxygens (including phenoxy) is 1. The van der Waals surface area contributed by atoms with E-state index in [1.807, 2.05) is 19.1 Å². The molecule has 0 fully saturated rings. The molecule has 0 saturated heterocycles. The Morgan fingerprint density at radius 1 is 1.42 bits per heavy atom. The average molecular weight is 265 g/mol. The fraction of sp³-hybridized carbons (Fsp3) is 0.571. The molecule has 0 bridgehead atoms. The summed E-state index contributed by atoms with van der Waals surface area (Å²) in [6.45, 7) is 8.56. The van der Waals surface area contributed by atoms with E-state index in [9.17, 15) is 4.79 Å². The molecular formula is C14H23N3O2. The quantitative estimate of drug-likeness (QED) is 0.744. The van der Waals surface area contributed by atoms with Crippen LogP contribution in [0.25, 0.3) is 0 Å². The highest BCUT2D eigenvalue weighted by atomic mass is 16.5. The molecule has 0 unspecified atom stereocenters. The Hall–Kier alpha value is -1.62. The van der Waals surface area contributed by atoms with E-state index in [1.54, 1.807) is 6.20 Å². The molecule has 5 heteroatoms. The molecule has 1 aromatic rings. The molecule has 0 saturated carbocycles. The van der Waals surface area contributed by atoms with Gasteiger partial charge in [0, 0.05) is 13.1 Å². The number of likely N-dealkylation sites (N-methyl/N-ethyl adjacent to an activating group) is 1. The number of hydrogen-bond acceptors (Lipinski definition) is 4. The maximum Gasteiger partial charge on any atom is 0.257 e. The highest BCUT2D eigenvalue weighted by molar-refractivity contribution is 5.77. The number of aromatic nitrogens is 1. The van der Waals surface area contributed by atoms with Crippen LogP contribution in [0.3, 0.4) is 0 Å². The minimum Gasteiger partial charge on any atom is -0.482 e. The Labute approximate surface area is 114 Å². The van der Waals surface area contributed by atoms with Gasteiger partial charge in [-0.05, 0) is 31.5 Å². The zero-order valence-electron chi connectivity index (χ0n) is 11.9. The van der Waals surface area contributed by atoms with Gasteiger partial charge < -0.3 is 15.4 Å². The van der Waals surface area contributed by atoms with Crippen LogP contribution in [0.2, 0.25) is 0 Å². The number of rotatable bonds is 8. The van der Waals surface area contributed by atoms with Crippen LogP contribution in [0.4, 0.5) is 0 Å². The molecule has 1 aromatic heterocycles. The zero-order chi connectivity index (χ0) is 14.1. The lowest BCUT2D eigenvalue weighted by atomic mass is 10.2. The number of amides is 1. The average Bonchev–Trinajstić information content (AvgIpc) is 2.38. The Morgan fingerprint density at radius 3 is 2.79 bits per heavy atom. The first-order chi connectivity index (χ1) is 9.11. The maximum atomic E-state index is 11.2. The van der Waals surface area contributed by atoms with E-state index in [1.165, 1.54) is 0 Å². The number of nitrogens with one attached hydrogen (secondary N) is 2. The summed E-state index contributed by atoms with van der Waals surface area (Å²) in [5, 5.41) is 5.99. The van der Waals surface area contributed by atoms with Gasteiger partial charge in [-0.3, -0.25) is 9.78 Å². The summed E-state index contributed by atoms with van der Waals surface area (Å²) < 4.78 is 5.32. The highest BCUT2D eigenvalue weighted by Gasteiger charge is 2.02. The van der Waals surface area contributed by atoms with Crippen LogP contribution in [0.15, 0.2) is 18.3 Å². The third-order valence-corrected chi connectivity index (χ3v) is 2.40. The molecule has 0 aliphatic heterocycles. The Bertz CT molecular complexity index is 377. The fourth-order valence-corrected chi connectivity index (χ4v) is 1.49. The van der Waals surface area contributed by atoms with Crippen LogP contribution >= 0.6 is 0 Å². The van der Waals surface area contributed by atoms with Crippen molar-refractivity contribution < 1.29 is 9.53 Å². The zero-order valence-corrected chi connectivity index (χ0v) is 11.9. The lowest BCUT2D eigenvalue weighted by Gasteiger charge is -2.08. The first kappa shape index (κ1) is 15.4. The van der Waals surface area contributed by atoms with Gasteiger partial charge in [0.1, 0.15) is 5.75 Å². The SMILES string of the molecule is CCNC(=O)COc1ccc(CNCC(C)C)nc1. The van der Waals surface area contributed by atoms with Gasteiger partial charge >= 0.3 is 0 Å². The summed E-state index contributed by atoms with van der Waals surface area (Å²) in [5.74, 6) is 1.11. The van der Waals surface area contributed by atoms with E-state index >= 15 is 0 Å². The predicted molar refractivity (Wildman–Crippen MR) is 75.0 cm³/mol. The molecule has 0 aliphatic rings. The Morgan fingerprint density at radius 2 is 2.21 bits per heavy atom. The van der Waals surface area contributed by atoms with Crippen LogP contribution in [-0.2, 0) is 11.3 Å². The van der Waals surface area contributed by atoms with Gasteiger partial charge in [0.05, 0.1) is 11.9 Å². The van der Waals surface area contributed by atoms with E-state index < -0.39 is 0 Å². The van der Waals surface area contributed by atoms with Crippen LogP contribution in [0, 0.1) is 5.92 Å². The number of nitrogens with zero attached hydrogens (tertiary/aromatic N) is 1. The molecule has 0 aromatic carbocycles. The molecule has 5 nitrogen and oxygen atoms in total. The summed E-state index contributed by atoms with van der Waals surface area (Å²) >= 11 is 0. The smallest absolute Gasteiger partial charge is 0.257 e. The van der Waals surface area contributed by atoms with Gasteiger partial charge in [0.25, 0.3) is 5.91 Å². The molecule has 1 amide bonds. The molecule has 2 N–H and O–H groups in total. The Balaban J connectivity index is 2.33. The van der Waals surface area contributed by atoms with Crippen molar-refractivity contribution in [3.8, 4) is 5.75 Å². The summed E-state index contributed by atoms with van der Waals surface area (Å²) in [6, 6.07) is 3.74. The van der Waals surface area contributed by atoms with Crippen LogP contribution in [-0.4, -0.2) is 30.6 Å². The summed E-state index contributed by atoms with van der Waals surface area (Å²) in [4.78, 5) is 15.5. The Kier molecular flexibility index (Phi) is 6.89. The second-order valence-corrected chi connectivity index (χ2v) is 4.75. The normalized spacial score (nSPS) is 10.5. The van der Waals surface area contributed by atoms with Crippen LogP contribution in [0.1, 0.15) is 26.5 Å². The van der Waals surface area contributed by atoms with Crippen molar-refractivity contribution in [2.45, 2.75) is 27.3 Å².